The van der Waals surface area contributed by atoms with Crippen LogP contribution >= 0.6 is 0 Å². The second-order valence-corrected chi connectivity index (χ2v) is 8.66. The van der Waals surface area contributed by atoms with Crippen LogP contribution < -0.4 is 10.1 Å². The molecule has 0 radical (unpaired) electrons. The minimum absolute atomic E-state index is 0.0429. The maximum atomic E-state index is 12.6. The van der Waals surface area contributed by atoms with Gasteiger partial charge in [0.1, 0.15) is 18.2 Å². The van der Waals surface area contributed by atoms with E-state index in [-0.39, 0.29) is 24.3 Å². The van der Waals surface area contributed by atoms with Crippen LogP contribution in [0.15, 0.2) is 43.1 Å². The zero-order valence-corrected chi connectivity index (χ0v) is 18.0. The number of aryl methyl sites for hydroxylation is 1. The lowest BCUT2D eigenvalue weighted by atomic mass is 10.2. The average molecular weight is 442 g/mol. The van der Waals surface area contributed by atoms with Crippen molar-refractivity contribution in [2.75, 3.05) is 5.32 Å². The molecule has 4 heterocycles. The first kappa shape index (κ1) is 19.7. The fourth-order valence-corrected chi connectivity index (χ4v) is 3.93. The number of amides is 1. The fourth-order valence-electron chi connectivity index (χ4n) is 3.93. The Labute approximate surface area is 189 Å². The summed E-state index contributed by atoms with van der Waals surface area (Å²) in [7, 11) is 0. The minimum Gasteiger partial charge on any atom is -0.485 e. The number of ether oxygens (including phenoxy) is 1. The molecule has 2 fully saturated rings. The van der Waals surface area contributed by atoms with Crippen molar-refractivity contribution in [2.45, 2.75) is 44.6 Å². The van der Waals surface area contributed by atoms with E-state index in [0.29, 0.717) is 29.1 Å². The molecule has 2 aliphatic carbocycles. The normalized spacial score (nSPS) is 19.4. The van der Waals surface area contributed by atoms with Crippen molar-refractivity contribution in [1.82, 2.24) is 34.5 Å². The number of aromatic nitrogens is 7. The molecule has 2 atom stereocenters. The number of imidazole rings is 1. The van der Waals surface area contributed by atoms with Gasteiger partial charge in [0.2, 0.25) is 11.7 Å². The lowest BCUT2D eigenvalue weighted by Gasteiger charge is -2.07. The van der Waals surface area contributed by atoms with Gasteiger partial charge in [0.25, 0.3) is 0 Å². The number of nitrogens with zero attached hydrogens (tertiary/aromatic N) is 7. The summed E-state index contributed by atoms with van der Waals surface area (Å²) in [5.74, 6) is 2.60. The Morgan fingerprint density at radius 3 is 2.97 bits per heavy atom. The number of hydrogen-bond acceptors (Lipinski definition) is 8. The van der Waals surface area contributed by atoms with Crippen molar-refractivity contribution < 1.29 is 9.53 Å². The fraction of sp³-hybridized carbons (Fsp3) is 0.348. The molecule has 6 rings (SSSR count). The van der Waals surface area contributed by atoms with Crippen molar-refractivity contribution in [2.24, 2.45) is 5.92 Å². The number of rotatable bonds is 7. The van der Waals surface area contributed by atoms with Gasteiger partial charge in [0.15, 0.2) is 5.82 Å². The number of nitrogens with one attached hydrogen (secondary N) is 1. The molecule has 1 N–H and O–H groups in total. The summed E-state index contributed by atoms with van der Waals surface area (Å²) in [5.41, 5.74) is 2.90. The first-order valence-electron chi connectivity index (χ1n) is 11.0. The maximum absolute atomic E-state index is 12.6. The van der Waals surface area contributed by atoms with Crippen LogP contribution in [0.2, 0.25) is 0 Å². The summed E-state index contributed by atoms with van der Waals surface area (Å²) < 4.78 is 7.77. The highest BCUT2D eigenvalue weighted by atomic mass is 16.5. The summed E-state index contributed by atoms with van der Waals surface area (Å²) in [5, 5.41) is 10.8. The van der Waals surface area contributed by atoms with E-state index < -0.39 is 0 Å². The molecule has 0 saturated heterocycles. The monoisotopic (exact) mass is 442 g/mol. The van der Waals surface area contributed by atoms with Gasteiger partial charge < -0.3 is 10.1 Å². The molecule has 2 unspecified atom stereocenters. The average Bonchev–Trinajstić information content (AvgIpc) is 3.74. The molecule has 33 heavy (non-hydrogen) atoms. The molecule has 10 heteroatoms. The van der Waals surface area contributed by atoms with Crippen LogP contribution in [-0.4, -0.2) is 40.4 Å². The first-order valence-corrected chi connectivity index (χ1v) is 11.0. The predicted octanol–water partition coefficient (Wildman–Crippen LogP) is 2.82. The molecule has 10 nitrogen and oxygen atoms in total. The minimum atomic E-state index is -0.163. The van der Waals surface area contributed by atoms with E-state index in [2.05, 4.69) is 41.6 Å². The van der Waals surface area contributed by atoms with Crippen molar-refractivity contribution in [3.8, 4) is 5.75 Å². The van der Waals surface area contributed by atoms with Crippen LogP contribution in [0.5, 0.6) is 5.75 Å². The molecule has 166 valence electrons. The second-order valence-electron chi connectivity index (χ2n) is 8.66. The number of carbonyl (C=O) groups excluding carboxylic acids is 1. The van der Waals surface area contributed by atoms with Crippen LogP contribution in [0.1, 0.15) is 53.9 Å². The Hall–Kier alpha value is -3.95. The van der Waals surface area contributed by atoms with Gasteiger partial charge in [0, 0.05) is 48.4 Å². The molecule has 0 aromatic carbocycles. The Morgan fingerprint density at radius 2 is 2.12 bits per heavy atom. The van der Waals surface area contributed by atoms with Gasteiger partial charge in [-0.2, -0.15) is 5.10 Å². The van der Waals surface area contributed by atoms with Gasteiger partial charge in [-0.05, 0) is 43.7 Å². The van der Waals surface area contributed by atoms with E-state index >= 15 is 0 Å². The number of fused-ring (bicyclic) bond motifs is 1. The Morgan fingerprint density at radius 1 is 1.21 bits per heavy atom. The predicted molar refractivity (Wildman–Crippen MR) is 118 cm³/mol. The summed E-state index contributed by atoms with van der Waals surface area (Å²) in [6.45, 7) is 2.18. The molecule has 1 amide bonds. The van der Waals surface area contributed by atoms with Gasteiger partial charge in [0.05, 0.1) is 11.9 Å². The van der Waals surface area contributed by atoms with E-state index in [4.69, 9.17) is 4.74 Å². The summed E-state index contributed by atoms with van der Waals surface area (Å²) in [4.78, 5) is 30.3. The van der Waals surface area contributed by atoms with E-state index in [1.807, 2.05) is 29.8 Å². The van der Waals surface area contributed by atoms with Gasteiger partial charge in [-0.3, -0.25) is 9.20 Å². The van der Waals surface area contributed by atoms with Crippen molar-refractivity contribution >= 4 is 17.5 Å². The van der Waals surface area contributed by atoms with Crippen LogP contribution in [0, 0.1) is 12.8 Å². The van der Waals surface area contributed by atoms with E-state index in [1.54, 1.807) is 12.3 Å². The molecule has 2 saturated carbocycles. The van der Waals surface area contributed by atoms with E-state index in [1.165, 1.54) is 24.6 Å². The highest BCUT2D eigenvalue weighted by Crippen LogP contribution is 2.46. The molecular weight excluding hydrogens is 420 g/mol. The van der Waals surface area contributed by atoms with Crippen molar-refractivity contribution in [3.63, 3.8) is 0 Å². The highest BCUT2D eigenvalue weighted by Gasteiger charge is 2.46. The number of anilines is 1. The highest BCUT2D eigenvalue weighted by molar-refractivity contribution is 5.94. The standard InChI is InChI=1S/C23H22N8O2/c1-13-4-5-24-21(27-13)18-7-19(18)22(32)29-20-6-17(9-26-30-20)33-12-16-11-31-10-15(14-2-3-14)8-25-23(31)28-16/h4-6,8-11,14,18-19H,2-3,7,12H2,1H3,(H,29,30,32). The van der Waals surface area contributed by atoms with Crippen molar-refractivity contribution in [3.05, 3.63) is 65.9 Å². The first-order chi connectivity index (χ1) is 16.1. The zero-order valence-electron chi connectivity index (χ0n) is 18.0. The van der Waals surface area contributed by atoms with Gasteiger partial charge in [-0.25, -0.2) is 19.9 Å². The SMILES string of the molecule is Cc1ccnc(C2CC2C(=O)Nc2cc(OCc3cn4cc(C5CC5)cnc4n3)cnn2)n1. The second kappa shape index (κ2) is 7.88. The maximum Gasteiger partial charge on any atom is 0.234 e. The third kappa shape index (κ3) is 4.23. The van der Waals surface area contributed by atoms with E-state index in [9.17, 15) is 4.79 Å². The summed E-state index contributed by atoms with van der Waals surface area (Å²) in [6.07, 6.45) is 12.3. The largest absolute Gasteiger partial charge is 0.485 e. The summed E-state index contributed by atoms with van der Waals surface area (Å²) in [6, 6.07) is 3.50. The number of carbonyl (C=O) groups is 1. The Balaban J connectivity index is 1.08. The molecule has 2 aliphatic rings. The third-order valence-electron chi connectivity index (χ3n) is 5.97. The topological polar surface area (TPSA) is 120 Å². The van der Waals surface area contributed by atoms with E-state index in [0.717, 1.165) is 17.8 Å². The third-order valence-corrected chi connectivity index (χ3v) is 5.97. The van der Waals surface area contributed by atoms with Gasteiger partial charge >= 0.3 is 0 Å². The quantitative estimate of drug-likeness (QED) is 0.464. The van der Waals surface area contributed by atoms with Gasteiger partial charge in [-0.1, -0.05) is 0 Å². The lowest BCUT2D eigenvalue weighted by molar-refractivity contribution is -0.117. The summed E-state index contributed by atoms with van der Waals surface area (Å²) >= 11 is 0. The molecule has 0 bridgehead atoms. The van der Waals surface area contributed by atoms with Gasteiger partial charge in [-0.15, -0.1) is 5.10 Å². The van der Waals surface area contributed by atoms with Crippen LogP contribution in [0.25, 0.3) is 5.78 Å². The lowest BCUT2D eigenvalue weighted by Crippen LogP contribution is -2.16. The zero-order chi connectivity index (χ0) is 22.4. The smallest absolute Gasteiger partial charge is 0.234 e. The van der Waals surface area contributed by atoms with Crippen LogP contribution in [-0.2, 0) is 11.4 Å². The molecule has 0 aliphatic heterocycles. The van der Waals surface area contributed by atoms with Crippen LogP contribution in [0.3, 0.4) is 0 Å². The Bertz CT molecular complexity index is 1350. The number of hydrogen-bond donors (Lipinski definition) is 1. The van der Waals surface area contributed by atoms with Crippen LogP contribution in [0.4, 0.5) is 5.82 Å². The Kier molecular flexibility index (Phi) is 4.70. The molecular formula is C23H22N8O2. The van der Waals surface area contributed by atoms with Crippen molar-refractivity contribution in [1.29, 1.82) is 0 Å². The molecule has 0 spiro atoms. The molecule has 4 aromatic heterocycles. The molecule has 4 aromatic rings.